The predicted octanol–water partition coefficient (Wildman–Crippen LogP) is 4.15. The number of benzene rings is 2. The summed E-state index contributed by atoms with van der Waals surface area (Å²) in [6, 6.07) is 12.4. The molecule has 5 nitrogen and oxygen atoms in total. The van der Waals surface area contributed by atoms with Crippen LogP contribution in [0.1, 0.15) is 42.4 Å². The summed E-state index contributed by atoms with van der Waals surface area (Å²) in [7, 11) is 3.23. The van der Waals surface area contributed by atoms with Crippen molar-refractivity contribution in [1.82, 2.24) is 4.90 Å². The number of rotatable bonds is 7. The number of aliphatic hydroxyl groups is 1. The molecule has 2 N–H and O–H groups in total. The molecule has 0 unspecified atom stereocenters. The fourth-order valence-electron chi connectivity index (χ4n) is 5.21. The Kier molecular flexibility index (Phi) is 5.76. The molecule has 0 saturated carbocycles. The molecule has 2 aromatic carbocycles. The highest BCUT2D eigenvalue weighted by Crippen LogP contribution is 2.46. The maximum absolute atomic E-state index is 11.5. The Balaban J connectivity index is 1.54. The van der Waals surface area contributed by atoms with E-state index in [-0.39, 0.29) is 5.75 Å². The third kappa shape index (κ3) is 3.80. The first-order valence-electron chi connectivity index (χ1n) is 10.6. The third-order valence-electron chi connectivity index (χ3n) is 6.71. The molecule has 2 aliphatic rings. The highest BCUT2D eigenvalue weighted by atomic mass is 16.5. The third-order valence-corrected chi connectivity index (χ3v) is 6.71. The van der Waals surface area contributed by atoms with Crippen molar-refractivity contribution in [2.45, 2.75) is 56.3 Å². The van der Waals surface area contributed by atoms with Crippen molar-refractivity contribution in [3.63, 3.8) is 0 Å². The van der Waals surface area contributed by atoms with E-state index in [1.807, 2.05) is 36.4 Å². The quantitative estimate of drug-likeness (QED) is 0.673. The number of ether oxygens (including phenoxy) is 2. The largest absolute Gasteiger partial charge is 0.504 e. The number of fused-ring (bicyclic) bond motifs is 2. The Bertz CT molecular complexity index is 894. The Labute approximate surface area is 178 Å². The van der Waals surface area contributed by atoms with Crippen molar-refractivity contribution in [2.24, 2.45) is 0 Å². The number of piperidine rings is 1. The van der Waals surface area contributed by atoms with Crippen LogP contribution in [0.4, 0.5) is 0 Å². The van der Waals surface area contributed by atoms with E-state index in [9.17, 15) is 10.2 Å². The number of phenols is 1. The molecular formula is C25H31NO4. The number of aromatic hydroxyl groups is 1. The summed E-state index contributed by atoms with van der Waals surface area (Å²) in [4.78, 5) is 2.52. The first-order valence-corrected chi connectivity index (χ1v) is 10.6. The molecule has 2 fully saturated rings. The van der Waals surface area contributed by atoms with Crippen LogP contribution in [0.3, 0.4) is 0 Å². The zero-order chi connectivity index (χ0) is 21.3. The minimum absolute atomic E-state index is 0.191. The van der Waals surface area contributed by atoms with Gasteiger partial charge in [0.1, 0.15) is 5.75 Å². The van der Waals surface area contributed by atoms with Crippen LogP contribution in [0.25, 0.3) is 0 Å². The molecule has 0 aromatic heterocycles. The van der Waals surface area contributed by atoms with Crippen LogP contribution >= 0.6 is 0 Å². The van der Waals surface area contributed by atoms with E-state index in [0.717, 1.165) is 54.7 Å². The van der Waals surface area contributed by atoms with Crippen molar-refractivity contribution in [2.75, 3.05) is 14.2 Å². The second-order valence-corrected chi connectivity index (χ2v) is 8.52. The Morgan fingerprint density at radius 2 is 1.77 bits per heavy atom. The molecule has 2 saturated heterocycles. The van der Waals surface area contributed by atoms with Gasteiger partial charge in [-0.05, 0) is 61.4 Å². The number of nitrogens with zero attached hydrogens (tertiary/aromatic N) is 1. The fourth-order valence-corrected chi connectivity index (χ4v) is 5.21. The Morgan fingerprint density at radius 1 is 1.10 bits per heavy atom. The summed E-state index contributed by atoms with van der Waals surface area (Å²) in [6.45, 7) is 4.58. The molecule has 2 atom stereocenters. The van der Waals surface area contributed by atoms with Gasteiger partial charge in [-0.1, -0.05) is 24.3 Å². The monoisotopic (exact) mass is 409 g/mol. The lowest BCUT2D eigenvalue weighted by Crippen LogP contribution is -2.49. The number of hydrogen-bond acceptors (Lipinski definition) is 5. The van der Waals surface area contributed by atoms with E-state index in [2.05, 4.69) is 11.5 Å². The van der Waals surface area contributed by atoms with E-state index < -0.39 is 5.60 Å². The van der Waals surface area contributed by atoms with E-state index in [1.54, 1.807) is 20.3 Å². The van der Waals surface area contributed by atoms with Gasteiger partial charge in [0.15, 0.2) is 11.5 Å². The SMILES string of the molecule is C=CCc1cc(CN2[C@H]3CC[C@H]2CC(O)(c2ccc(OC)cc2)C3)cc(OC)c1O. The van der Waals surface area contributed by atoms with Crippen LogP contribution in [0.2, 0.25) is 0 Å². The van der Waals surface area contributed by atoms with Crippen LogP contribution in [-0.2, 0) is 18.6 Å². The summed E-state index contributed by atoms with van der Waals surface area (Å²) in [5.41, 5.74) is 2.13. The average molecular weight is 410 g/mol. The maximum atomic E-state index is 11.5. The zero-order valence-electron chi connectivity index (χ0n) is 17.8. The molecule has 0 amide bonds. The molecule has 2 heterocycles. The fraction of sp³-hybridized carbons (Fsp3) is 0.440. The van der Waals surface area contributed by atoms with Gasteiger partial charge in [0.05, 0.1) is 19.8 Å². The molecular weight excluding hydrogens is 378 g/mol. The van der Waals surface area contributed by atoms with Gasteiger partial charge in [-0.3, -0.25) is 4.90 Å². The molecule has 0 aliphatic carbocycles. The Morgan fingerprint density at radius 3 is 2.33 bits per heavy atom. The molecule has 4 rings (SSSR count). The normalized spacial score (nSPS) is 25.8. The first kappa shape index (κ1) is 20.8. The van der Waals surface area contributed by atoms with Crippen molar-refractivity contribution in [3.8, 4) is 17.2 Å². The second kappa shape index (κ2) is 8.32. The van der Waals surface area contributed by atoms with Gasteiger partial charge in [0.25, 0.3) is 0 Å². The van der Waals surface area contributed by atoms with Gasteiger partial charge in [-0.2, -0.15) is 0 Å². The van der Waals surface area contributed by atoms with Gasteiger partial charge < -0.3 is 19.7 Å². The average Bonchev–Trinajstić information content (AvgIpc) is 2.99. The van der Waals surface area contributed by atoms with E-state index in [1.165, 1.54) is 0 Å². The minimum atomic E-state index is -0.796. The lowest BCUT2D eigenvalue weighted by atomic mass is 9.80. The van der Waals surface area contributed by atoms with Gasteiger partial charge in [0, 0.05) is 24.2 Å². The predicted molar refractivity (Wildman–Crippen MR) is 117 cm³/mol. The van der Waals surface area contributed by atoms with Gasteiger partial charge >= 0.3 is 0 Å². The van der Waals surface area contributed by atoms with Crippen LogP contribution in [0.15, 0.2) is 49.1 Å². The van der Waals surface area contributed by atoms with Crippen LogP contribution in [0, 0.1) is 0 Å². The van der Waals surface area contributed by atoms with E-state index in [4.69, 9.17) is 9.47 Å². The standard InChI is InChI=1S/C25H31NO4/c1-4-5-18-12-17(13-23(30-3)24(18)27)16-26-20-8-9-21(26)15-25(28,14-20)19-6-10-22(29-2)11-7-19/h4,6-7,10-13,20-21,27-28H,1,5,8-9,14-16H2,2-3H3/t20-,21-/m0/s1. The highest BCUT2D eigenvalue weighted by molar-refractivity contribution is 5.49. The maximum Gasteiger partial charge on any atom is 0.161 e. The van der Waals surface area contributed by atoms with Crippen molar-refractivity contribution < 1.29 is 19.7 Å². The number of phenolic OH excluding ortho intramolecular Hbond substituents is 1. The van der Waals surface area contributed by atoms with Crippen LogP contribution < -0.4 is 9.47 Å². The smallest absolute Gasteiger partial charge is 0.161 e. The number of allylic oxidation sites excluding steroid dienone is 1. The lowest BCUT2D eigenvalue weighted by Gasteiger charge is -2.44. The molecule has 160 valence electrons. The molecule has 0 spiro atoms. The molecule has 2 aromatic rings. The van der Waals surface area contributed by atoms with Crippen LogP contribution in [-0.4, -0.2) is 41.4 Å². The minimum Gasteiger partial charge on any atom is -0.504 e. The molecule has 5 heteroatoms. The highest BCUT2D eigenvalue weighted by Gasteiger charge is 2.48. The topological polar surface area (TPSA) is 62.2 Å². The molecule has 0 radical (unpaired) electrons. The van der Waals surface area contributed by atoms with E-state index >= 15 is 0 Å². The first-order chi connectivity index (χ1) is 14.5. The van der Waals surface area contributed by atoms with Gasteiger partial charge in [-0.15, -0.1) is 6.58 Å². The van der Waals surface area contributed by atoms with Crippen LogP contribution in [0.5, 0.6) is 17.2 Å². The number of hydrogen-bond donors (Lipinski definition) is 2. The molecule has 2 bridgehead atoms. The Hall–Kier alpha value is -2.50. The van der Waals surface area contributed by atoms with Gasteiger partial charge in [0.2, 0.25) is 0 Å². The molecule has 2 aliphatic heterocycles. The summed E-state index contributed by atoms with van der Waals surface area (Å²) in [5.74, 6) is 1.50. The van der Waals surface area contributed by atoms with E-state index in [0.29, 0.717) is 24.3 Å². The molecule has 30 heavy (non-hydrogen) atoms. The second-order valence-electron chi connectivity index (χ2n) is 8.52. The zero-order valence-corrected chi connectivity index (χ0v) is 17.8. The summed E-state index contributed by atoms with van der Waals surface area (Å²) >= 11 is 0. The summed E-state index contributed by atoms with van der Waals surface area (Å²) in [6.07, 6.45) is 6.03. The van der Waals surface area contributed by atoms with Crippen molar-refractivity contribution in [1.29, 1.82) is 0 Å². The summed E-state index contributed by atoms with van der Waals surface area (Å²) < 4.78 is 10.6. The summed E-state index contributed by atoms with van der Waals surface area (Å²) in [5, 5.41) is 21.8. The number of methoxy groups -OCH3 is 2. The lowest BCUT2D eigenvalue weighted by molar-refractivity contribution is -0.0595. The van der Waals surface area contributed by atoms with Gasteiger partial charge in [-0.25, -0.2) is 0 Å². The van der Waals surface area contributed by atoms with Crippen molar-refractivity contribution >= 4 is 0 Å². The van der Waals surface area contributed by atoms with Crippen molar-refractivity contribution in [3.05, 3.63) is 65.7 Å².